The van der Waals surface area contributed by atoms with E-state index >= 15 is 0 Å². The molecule has 0 atom stereocenters. The SMILES string of the molecule is CN(C)C(=O)CNC(=O)c1ccc(F)cc1N. The summed E-state index contributed by atoms with van der Waals surface area (Å²) in [6, 6.07) is 3.47. The minimum absolute atomic E-state index is 0.0415. The molecule has 0 saturated heterocycles. The number of likely N-dealkylation sites (N-methyl/N-ethyl adjacent to an activating group) is 1. The van der Waals surface area contributed by atoms with Gasteiger partial charge in [-0.1, -0.05) is 0 Å². The number of carbonyl (C=O) groups is 2. The monoisotopic (exact) mass is 239 g/mol. The average Bonchev–Trinajstić information content (AvgIpc) is 2.25. The summed E-state index contributed by atoms with van der Waals surface area (Å²) in [6.07, 6.45) is 0. The lowest BCUT2D eigenvalue weighted by atomic mass is 10.1. The highest BCUT2D eigenvalue weighted by Crippen LogP contribution is 2.12. The van der Waals surface area contributed by atoms with Crippen molar-refractivity contribution in [2.24, 2.45) is 0 Å². The van der Waals surface area contributed by atoms with E-state index in [0.29, 0.717) is 0 Å². The van der Waals surface area contributed by atoms with Crippen LogP contribution in [0.15, 0.2) is 18.2 Å². The fourth-order valence-corrected chi connectivity index (χ4v) is 1.15. The molecular formula is C11H14FN3O2. The minimum atomic E-state index is -0.511. The van der Waals surface area contributed by atoms with E-state index in [4.69, 9.17) is 5.73 Å². The maximum Gasteiger partial charge on any atom is 0.253 e. The summed E-state index contributed by atoms with van der Waals surface area (Å²) in [5.74, 6) is -1.25. The zero-order chi connectivity index (χ0) is 13.0. The Hall–Kier alpha value is -2.11. The number of nitrogens with zero attached hydrogens (tertiary/aromatic N) is 1. The van der Waals surface area contributed by atoms with Crippen LogP contribution < -0.4 is 11.1 Å². The first-order valence-electron chi connectivity index (χ1n) is 4.95. The number of hydrogen-bond acceptors (Lipinski definition) is 3. The van der Waals surface area contributed by atoms with Gasteiger partial charge in [0.2, 0.25) is 5.91 Å². The molecule has 2 amide bonds. The molecule has 1 aromatic carbocycles. The van der Waals surface area contributed by atoms with E-state index in [1.807, 2.05) is 0 Å². The second kappa shape index (κ2) is 5.29. The molecule has 3 N–H and O–H groups in total. The van der Waals surface area contributed by atoms with Crippen molar-refractivity contribution in [1.29, 1.82) is 0 Å². The lowest BCUT2D eigenvalue weighted by Gasteiger charge is -2.11. The zero-order valence-electron chi connectivity index (χ0n) is 9.66. The number of anilines is 1. The summed E-state index contributed by atoms with van der Waals surface area (Å²) in [4.78, 5) is 24.2. The van der Waals surface area contributed by atoms with Gasteiger partial charge in [-0.2, -0.15) is 0 Å². The van der Waals surface area contributed by atoms with Crippen molar-refractivity contribution in [1.82, 2.24) is 10.2 Å². The van der Waals surface area contributed by atoms with Crippen molar-refractivity contribution in [3.63, 3.8) is 0 Å². The quantitative estimate of drug-likeness (QED) is 0.741. The summed E-state index contributed by atoms with van der Waals surface area (Å²) in [7, 11) is 3.17. The highest BCUT2D eigenvalue weighted by atomic mass is 19.1. The Bertz CT molecular complexity index is 446. The van der Waals surface area contributed by atoms with Crippen LogP contribution >= 0.6 is 0 Å². The predicted molar refractivity (Wildman–Crippen MR) is 61.8 cm³/mol. The molecule has 0 radical (unpaired) electrons. The van der Waals surface area contributed by atoms with Crippen molar-refractivity contribution in [2.45, 2.75) is 0 Å². The molecule has 0 unspecified atom stereocenters. The third-order valence-corrected chi connectivity index (χ3v) is 2.16. The molecular weight excluding hydrogens is 225 g/mol. The van der Waals surface area contributed by atoms with Crippen molar-refractivity contribution in [3.05, 3.63) is 29.6 Å². The number of amides is 2. The normalized spacial score (nSPS) is 9.82. The molecule has 17 heavy (non-hydrogen) atoms. The number of nitrogens with two attached hydrogens (primary N) is 1. The van der Waals surface area contributed by atoms with Crippen LogP contribution in [-0.4, -0.2) is 37.4 Å². The lowest BCUT2D eigenvalue weighted by molar-refractivity contribution is -0.127. The van der Waals surface area contributed by atoms with Crippen LogP contribution in [0.4, 0.5) is 10.1 Å². The third kappa shape index (κ3) is 3.44. The number of nitrogens with one attached hydrogen (secondary N) is 1. The van der Waals surface area contributed by atoms with E-state index in [-0.39, 0.29) is 23.7 Å². The van der Waals surface area contributed by atoms with E-state index in [0.717, 1.165) is 12.1 Å². The second-order valence-electron chi connectivity index (χ2n) is 3.70. The molecule has 92 valence electrons. The molecule has 0 bridgehead atoms. The van der Waals surface area contributed by atoms with Crippen LogP contribution in [0.25, 0.3) is 0 Å². The smallest absolute Gasteiger partial charge is 0.253 e. The number of rotatable bonds is 3. The second-order valence-corrected chi connectivity index (χ2v) is 3.70. The lowest BCUT2D eigenvalue weighted by Crippen LogP contribution is -2.36. The van der Waals surface area contributed by atoms with E-state index in [2.05, 4.69) is 5.32 Å². The van der Waals surface area contributed by atoms with Gasteiger partial charge in [0.25, 0.3) is 5.91 Å². The number of carbonyl (C=O) groups excluding carboxylic acids is 2. The van der Waals surface area contributed by atoms with Crippen molar-refractivity contribution < 1.29 is 14.0 Å². The van der Waals surface area contributed by atoms with E-state index in [1.165, 1.54) is 11.0 Å². The zero-order valence-corrected chi connectivity index (χ0v) is 9.66. The van der Waals surface area contributed by atoms with E-state index < -0.39 is 11.7 Å². The van der Waals surface area contributed by atoms with Crippen molar-refractivity contribution >= 4 is 17.5 Å². The van der Waals surface area contributed by atoms with Gasteiger partial charge in [-0.15, -0.1) is 0 Å². The Labute approximate surface area is 98.4 Å². The number of benzene rings is 1. The molecule has 0 aliphatic rings. The molecule has 5 nitrogen and oxygen atoms in total. The predicted octanol–water partition coefficient (Wildman–Crippen LogP) is 0.226. The van der Waals surface area contributed by atoms with Crippen LogP contribution in [0.5, 0.6) is 0 Å². The Morgan fingerprint density at radius 1 is 1.41 bits per heavy atom. The van der Waals surface area contributed by atoms with Gasteiger partial charge in [0.15, 0.2) is 0 Å². The molecule has 1 aromatic rings. The Kier molecular flexibility index (Phi) is 4.03. The highest BCUT2D eigenvalue weighted by molar-refractivity contribution is 6.00. The average molecular weight is 239 g/mol. The maximum atomic E-state index is 12.8. The summed E-state index contributed by atoms with van der Waals surface area (Å²) in [5, 5.41) is 2.41. The molecule has 0 saturated carbocycles. The first kappa shape index (κ1) is 13.0. The maximum absolute atomic E-state index is 12.8. The van der Waals surface area contributed by atoms with Crippen LogP contribution in [0.1, 0.15) is 10.4 Å². The first-order chi connectivity index (χ1) is 7.91. The molecule has 0 aromatic heterocycles. The van der Waals surface area contributed by atoms with Crippen LogP contribution in [0, 0.1) is 5.82 Å². The molecule has 6 heteroatoms. The van der Waals surface area contributed by atoms with Gasteiger partial charge in [0.1, 0.15) is 5.82 Å². The fraction of sp³-hybridized carbons (Fsp3) is 0.273. The Morgan fingerprint density at radius 2 is 2.06 bits per heavy atom. The van der Waals surface area contributed by atoms with Crippen LogP contribution in [0.3, 0.4) is 0 Å². The Morgan fingerprint density at radius 3 is 2.59 bits per heavy atom. The summed E-state index contributed by atoms with van der Waals surface area (Å²) in [5.41, 5.74) is 5.68. The molecule has 0 heterocycles. The van der Waals surface area contributed by atoms with Gasteiger partial charge in [0.05, 0.1) is 12.1 Å². The fourth-order valence-electron chi connectivity index (χ4n) is 1.15. The summed E-state index contributed by atoms with van der Waals surface area (Å²) >= 11 is 0. The molecule has 0 aliphatic carbocycles. The number of hydrogen-bond donors (Lipinski definition) is 2. The molecule has 0 spiro atoms. The topological polar surface area (TPSA) is 75.4 Å². The minimum Gasteiger partial charge on any atom is -0.398 e. The summed E-state index contributed by atoms with van der Waals surface area (Å²) in [6.45, 7) is -0.122. The van der Waals surface area contributed by atoms with Crippen LogP contribution in [0.2, 0.25) is 0 Å². The number of nitrogen functional groups attached to an aromatic ring is 1. The Balaban J connectivity index is 2.68. The standard InChI is InChI=1S/C11H14FN3O2/c1-15(2)10(16)6-14-11(17)8-4-3-7(12)5-9(8)13/h3-5H,6,13H2,1-2H3,(H,14,17). The van der Waals surface area contributed by atoms with Gasteiger partial charge in [-0.05, 0) is 18.2 Å². The van der Waals surface area contributed by atoms with Gasteiger partial charge >= 0.3 is 0 Å². The van der Waals surface area contributed by atoms with Gasteiger partial charge in [-0.25, -0.2) is 4.39 Å². The summed E-state index contributed by atoms with van der Waals surface area (Å²) < 4.78 is 12.8. The van der Waals surface area contributed by atoms with Gasteiger partial charge < -0.3 is 16.0 Å². The van der Waals surface area contributed by atoms with Crippen LogP contribution in [-0.2, 0) is 4.79 Å². The molecule has 0 fully saturated rings. The van der Waals surface area contributed by atoms with Crippen molar-refractivity contribution in [2.75, 3.05) is 26.4 Å². The van der Waals surface area contributed by atoms with Gasteiger partial charge in [0, 0.05) is 19.8 Å². The molecule has 1 rings (SSSR count). The number of halogens is 1. The highest BCUT2D eigenvalue weighted by Gasteiger charge is 2.12. The van der Waals surface area contributed by atoms with E-state index in [9.17, 15) is 14.0 Å². The third-order valence-electron chi connectivity index (χ3n) is 2.16. The van der Waals surface area contributed by atoms with E-state index in [1.54, 1.807) is 14.1 Å². The first-order valence-corrected chi connectivity index (χ1v) is 4.95. The van der Waals surface area contributed by atoms with Gasteiger partial charge in [-0.3, -0.25) is 9.59 Å². The van der Waals surface area contributed by atoms with Crippen molar-refractivity contribution in [3.8, 4) is 0 Å². The largest absolute Gasteiger partial charge is 0.398 e. The molecule has 0 aliphatic heterocycles.